The fourth-order valence-electron chi connectivity index (χ4n) is 2.04. The molecule has 1 saturated heterocycles. The first-order valence-electron chi connectivity index (χ1n) is 6.23. The van der Waals surface area contributed by atoms with Crippen molar-refractivity contribution in [3.8, 4) is 0 Å². The van der Waals surface area contributed by atoms with Crippen LogP contribution in [0.5, 0.6) is 0 Å². The van der Waals surface area contributed by atoms with Gasteiger partial charge < -0.3 is 19.9 Å². The Morgan fingerprint density at radius 2 is 2.28 bits per heavy atom. The second-order valence-electron chi connectivity index (χ2n) is 4.74. The molecule has 1 amide bonds. The number of methoxy groups -OCH3 is 1. The summed E-state index contributed by atoms with van der Waals surface area (Å²) in [5.41, 5.74) is 0. The van der Waals surface area contributed by atoms with Gasteiger partial charge in [-0.15, -0.1) is 0 Å². The lowest BCUT2D eigenvalue weighted by molar-refractivity contribution is -0.127. The maximum absolute atomic E-state index is 11.5. The number of likely N-dealkylation sites (tertiary alicyclic amines) is 1. The molecule has 104 valence electrons. The summed E-state index contributed by atoms with van der Waals surface area (Å²) in [5, 5.41) is 3.10. The van der Waals surface area contributed by atoms with Crippen molar-refractivity contribution in [2.24, 2.45) is 10.9 Å². The Morgan fingerprint density at radius 3 is 2.83 bits per heavy atom. The SMILES string of the molecule is CN=C(NCC(=O)N(C)C)N1CCC(COC)C1. The molecule has 1 fully saturated rings. The van der Waals surface area contributed by atoms with Gasteiger partial charge in [-0.3, -0.25) is 9.79 Å². The number of nitrogens with one attached hydrogen (secondary N) is 1. The van der Waals surface area contributed by atoms with Crippen molar-refractivity contribution in [2.45, 2.75) is 6.42 Å². The maximum Gasteiger partial charge on any atom is 0.241 e. The molecular formula is C12H24N4O2. The molecule has 0 saturated carbocycles. The zero-order valence-corrected chi connectivity index (χ0v) is 11.8. The molecule has 0 aromatic rings. The Kier molecular flexibility index (Phi) is 5.91. The molecule has 1 N–H and O–H groups in total. The number of guanidine groups is 1. The first kappa shape index (κ1) is 14.8. The number of likely N-dealkylation sites (N-methyl/N-ethyl adjacent to an activating group) is 1. The monoisotopic (exact) mass is 256 g/mol. The van der Waals surface area contributed by atoms with Crippen LogP contribution in [-0.4, -0.2) is 76.2 Å². The maximum atomic E-state index is 11.5. The summed E-state index contributed by atoms with van der Waals surface area (Å²) in [7, 11) is 6.96. The highest BCUT2D eigenvalue weighted by atomic mass is 16.5. The van der Waals surface area contributed by atoms with Crippen LogP contribution >= 0.6 is 0 Å². The van der Waals surface area contributed by atoms with Crippen molar-refractivity contribution in [3.05, 3.63) is 0 Å². The summed E-state index contributed by atoms with van der Waals surface area (Å²) < 4.78 is 5.17. The van der Waals surface area contributed by atoms with E-state index in [9.17, 15) is 4.79 Å². The van der Waals surface area contributed by atoms with E-state index in [2.05, 4.69) is 15.2 Å². The minimum atomic E-state index is 0.0452. The number of rotatable bonds is 4. The van der Waals surface area contributed by atoms with E-state index < -0.39 is 0 Å². The first-order chi connectivity index (χ1) is 8.58. The highest BCUT2D eigenvalue weighted by Crippen LogP contribution is 2.16. The lowest BCUT2D eigenvalue weighted by Crippen LogP contribution is -2.44. The Labute approximate surface area is 109 Å². The molecule has 0 aliphatic carbocycles. The Hall–Kier alpha value is -1.30. The van der Waals surface area contributed by atoms with Crippen molar-refractivity contribution >= 4 is 11.9 Å². The van der Waals surface area contributed by atoms with E-state index in [1.165, 1.54) is 0 Å². The third kappa shape index (κ3) is 4.18. The smallest absolute Gasteiger partial charge is 0.241 e. The van der Waals surface area contributed by atoms with Gasteiger partial charge in [0.05, 0.1) is 13.2 Å². The van der Waals surface area contributed by atoms with E-state index in [-0.39, 0.29) is 12.5 Å². The quantitative estimate of drug-likeness (QED) is 0.550. The predicted octanol–water partition coefficient (Wildman–Crippen LogP) is -0.382. The fourth-order valence-corrected chi connectivity index (χ4v) is 2.04. The molecular weight excluding hydrogens is 232 g/mol. The number of carbonyl (C=O) groups excluding carboxylic acids is 1. The largest absolute Gasteiger partial charge is 0.384 e. The lowest BCUT2D eigenvalue weighted by atomic mass is 10.1. The van der Waals surface area contributed by atoms with Crippen LogP contribution in [0.3, 0.4) is 0 Å². The third-order valence-corrected chi connectivity index (χ3v) is 3.10. The van der Waals surface area contributed by atoms with E-state index in [1.54, 1.807) is 33.2 Å². The van der Waals surface area contributed by atoms with Gasteiger partial charge in [0.2, 0.25) is 5.91 Å². The lowest BCUT2D eigenvalue weighted by Gasteiger charge is -2.22. The molecule has 1 rings (SSSR count). The number of nitrogens with zero attached hydrogens (tertiary/aromatic N) is 3. The normalized spacial score (nSPS) is 20.1. The predicted molar refractivity (Wildman–Crippen MR) is 71.6 cm³/mol. The number of aliphatic imine (C=N–C) groups is 1. The zero-order valence-electron chi connectivity index (χ0n) is 11.8. The van der Waals surface area contributed by atoms with Gasteiger partial charge in [0.15, 0.2) is 5.96 Å². The van der Waals surface area contributed by atoms with Gasteiger partial charge in [0.25, 0.3) is 0 Å². The Bertz CT molecular complexity index is 304. The number of hydrogen-bond donors (Lipinski definition) is 1. The molecule has 1 atom stereocenters. The number of hydrogen-bond acceptors (Lipinski definition) is 3. The second-order valence-corrected chi connectivity index (χ2v) is 4.74. The van der Waals surface area contributed by atoms with E-state index >= 15 is 0 Å². The van der Waals surface area contributed by atoms with E-state index in [4.69, 9.17) is 4.74 Å². The molecule has 1 unspecified atom stereocenters. The summed E-state index contributed by atoms with van der Waals surface area (Å²) in [6, 6.07) is 0. The molecule has 0 spiro atoms. The zero-order chi connectivity index (χ0) is 13.5. The fraction of sp³-hybridized carbons (Fsp3) is 0.833. The molecule has 1 aliphatic heterocycles. The van der Waals surface area contributed by atoms with Gasteiger partial charge in [-0.05, 0) is 6.42 Å². The molecule has 0 bridgehead atoms. The summed E-state index contributed by atoms with van der Waals surface area (Å²) in [5.74, 6) is 1.39. The second kappa shape index (κ2) is 7.20. The third-order valence-electron chi connectivity index (χ3n) is 3.10. The highest BCUT2D eigenvalue weighted by Gasteiger charge is 2.24. The average Bonchev–Trinajstić information content (AvgIpc) is 2.78. The van der Waals surface area contributed by atoms with Crippen molar-refractivity contribution in [3.63, 3.8) is 0 Å². The van der Waals surface area contributed by atoms with Crippen LogP contribution in [-0.2, 0) is 9.53 Å². The van der Waals surface area contributed by atoms with Gasteiger partial charge >= 0.3 is 0 Å². The molecule has 0 aromatic heterocycles. The van der Waals surface area contributed by atoms with Gasteiger partial charge in [0.1, 0.15) is 0 Å². The van der Waals surface area contributed by atoms with Gasteiger partial charge in [-0.25, -0.2) is 0 Å². The van der Waals surface area contributed by atoms with Crippen LogP contribution in [0.1, 0.15) is 6.42 Å². The molecule has 6 nitrogen and oxygen atoms in total. The Balaban J connectivity index is 2.41. The molecule has 6 heteroatoms. The van der Waals surface area contributed by atoms with Gasteiger partial charge in [-0.1, -0.05) is 0 Å². The van der Waals surface area contributed by atoms with Crippen molar-refractivity contribution in [1.82, 2.24) is 15.1 Å². The number of amides is 1. The minimum absolute atomic E-state index is 0.0452. The Morgan fingerprint density at radius 1 is 1.56 bits per heavy atom. The van der Waals surface area contributed by atoms with E-state index in [0.717, 1.165) is 32.1 Å². The van der Waals surface area contributed by atoms with Crippen LogP contribution in [0.4, 0.5) is 0 Å². The summed E-state index contributed by atoms with van der Waals surface area (Å²) in [6.07, 6.45) is 1.11. The summed E-state index contributed by atoms with van der Waals surface area (Å²) >= 11 is 0. The van der Waals surface area contributed by atoms with E-state index in [1.807, 2.05) is 0 Å². The van der Waals surface area contributed by atoms with Crippen molar-refractivity contribution < 1.29 is 9.53 Å². The number of carbonyl (C=O) groups is 1. The first-order valence-corrected chi connectivity index (χ1v) is 6.23. The van der Waals surface area contributed by atoms with Crippen molar-refractivity contribution in [1.29, 1.82) is 0 Å². The van der Waals surface area contributed by atoms with Crippen LogP contribution < -0.4 is 5.32 Å². The van der Waals surface area contributed by atoms with Crippen LogP contribution in [0.15, 0.2) is 4.99 Å². The minimum Gasteiger partial charge on any atom is -0.384 e. The standard InChI is InChI=1S/C12H24N4O2/c1-13-12(14-7-11(17)15(2)3)16-6-5-10(8-16)9-18-4/h10H,5-9H2,1-4H3,(H,13,14). The van der Waals surface area contributed by atoms with Crippen LogP contribution in [0.2, 0.25) is 0 Å². The molecule has 1 heterocycles. The molecule has 0 aromatic carbocycles. The van der Waals surface area contributed by atoms with Crippen molar-refractivity contribution in [2.75, 3.05) is 54.5 Å². The van der Waals surface area contributed by atoms with E-state index in [0.29, 0.717) is 5.92 Å². The summed E-state index contributed by atoms with van der Waals surface area (Å²) in [6.45, 7) is 2.96. The molecule has 1 aliphatic rings. The van der Waals surface area contributed by atoms with Gasteiger partial charge in [-0.2, -0.15) is 0 Å². The molecule has 18 heavy (non-hydrogen) atoms. The number of ether oxygens (including phenoxy) is 1. The molecule has 0 radical (unpaired) electrons. The van der Waals surface area contributed by atoms with Gasteiger partial charge in [0, 0.05) is 47.3 Å². The summed E-state index contributed by atoms with van der Waals surface area (Å²) in [4.78, 5) is 19.5. The van der Waals surface area contributed by atoms with Crippen LogP contribution in [0, 0.1) is 5.92 Å². The topological polar surface area (TPSA) is 57.2 Å². The van der Waals surface area contributed by atoms with Crippen LogP contribution in [0.25, 0.3) is 0 Å². The average molecular weight is 256 g/mol. The highest BCUT2D eigenvalue weighted by molar-refractivity contribution is 5.86.